The summed E-state index contributed by atoms with van der Waals surface area (Å²) in [6.07, 6.45) is 6.03. The number of rotatable bonds is 3. The Morgan fingerprint density at radius 1 is 0.944 bits per heavy atom. The molecule has 2 aromatic carbocycles. The van der Waals surface area contributed by atoms with Gasteiger partial charge in [0.2, 0.25) is 0 Å². The molecule has 0 heterocycles. The molecule has 0 amide bonds. The normalized spacial score (nSPS) is 10.2. The molecule has 2 rings (SSSR count). The lowest BCUT2D eigenvalue weighted by Crippen LogP contribution is -1.89. The quantitative estimate of drug-likeness (QED) is 0.494. The number of nitrogens with zero attached hydrogens (tertiary/aromatic N) is 1. The molecule has 2 heteroatoms. The van der Waals surface area contributed by atoms with Crippen molar-refractivity contribution in [3.8, 4) is 6.19 Å². The van der Waals surface area contributed by atoms with E-state index in [0.717, 1.165) is 11.3 Å². The van der Waals surface area contributed by atoms with Gasteiger partial charge in [0, 0.05) is 0 Å². The first-order valence-corrected chi connectivity index (χ1v) is 5.79. The summed E-state index contributed by atoms with van der Waals surface area (Å²) in [6.45, 7) is 2.08. The highest BCUT2D eigenvalue weighted by Gasteiger charge is 1.97. The summed E-state index contributed by atoms with van der Waals surface area (Å²) in [4.78, 5) is 0. The first kappa shape index (κ1) is 11.9. The monoisotopic (exact) mass is 234 g/mol. The van der Waals surface area contributed by atoms with E-state index in [1.54, 1.807) is 0 Å². The minimum Gasteiger partial charge on any atom is -0.292 e. The van der Waals surface area contributed by atoms with Crippen LogP contribution in [0, 0.1) is 18.4 Å². The van der Waals surface area contributed by atoms with Gasteiger partial charge < -0.3 is 0 Å². The minimum absolute atomic E-state index is 0.824. The summed E-state index contributed by atoms with van der Waals surface area (Å²) in [5.74, 6) is 0. The largest absolute Gasteiger partial charge is 0.292 e. The zero-order valence-corrected chi connectivity index (χ0v) is 10.2. The zero-order valence-electron chi connectivity index (χ0n) is 10.2. The van der Waals surface area contributed by atoms with Crippen molar-refractivity contribution in [3.05, 3.63) is 65.2 Å². The van der Waals surface area contributed by atoms with E-state index in [2.05, 4.69) is 30.4 Å². The van der Waals surface area contributed by atoms with Crippen LogP contribution >= 0.6 is 0 Å². The summed E-state index contributed by atoms with van der Waals surface area (Å²) >= 11 is 0. The first-order valence-electron chi connectivity index (χ1n) is 5.79. The number of nitriles is 1. The van der Waals surface area contributed by atoms with Crippen molar-refractivity contribution < 1.29 is 0 Å². The van der Waals surface area contributed by atoms with Crippen LogP contribution < -0.4 is 5.32 Å². The maximum absolute atomic E-state index is 8.69. The van der Waals surface area contributed by atoms with Crippen molar-refractivity contribution in [2.45, 2.75) is 6.92 Å². The van der Waals surface area contributed by atoms with Gasteiger partial charge in [-0.05, 0) is 29.7 Å². The molecule has 0 atom stereocenters. The zero-order chi connectivity index (χ0) is 12.8. The molecule has 0 bridgehead atoms. The maximum atomic E-state index is 8.69. The topological polar surface area (TPSA) is 35.8 Å². The van der Waals surface area contributed by atoms with Crippen molar-refractivity contribution in [3.63, 3.8) is 0 Å². The molecule has 0 fully saturated rings. The van der Waals surface area contributed by atoms with Crippen molar-refractivity contribution in [2.24, 2.45) is 0 Å². The molecule has 18 heavy (non-hydrogen) atoms. The predicted octanol–water partition coefficient (Wildman–Crippen LogP) is 4.06. The van der Waals surface area contributed by atoms with E-state index in [1.165, 1.54) is 11.1 Å². The third kappa shape index (κ3) is 2.78. The highest BCUT2D eigenvalue weighted by atomic mass is 14.9. The molecule has 0 aromatic heterocycles. The Labute approximate surface area is 107 Å². The summed E-state index contributed by atoms with van der Waals surface area (Å²) in [6, 6.07) is 15.9. The Bertz CT molecular complexity index is 606. The van der Waals surface area contributed by atoms with Crippen LogP contribution in [0.3, 0.4) is 0 Å². The highest BCUT2D eigenvalue weighted by molar-refractivity contribution is 5.77. The Morgan fingerprint density at radius 3 is 2.28 bits per heavy atom. The van der Waals surface area contributed by atoms with Crippen LogP contribution in [0.1, 0.15) is 16.7 Å². The van der Waals surface area contributed by atoms with Gasteiger partial charge in [-0.3, -0.25) is 5.32 Å². The molecule has 0 spiro atoms. The molecule has 0 saturated carbocycles. The highest BCUT2D eigenvalue weighted by Crippen LogP contribution is 2.18. The lowest BCUT2D eigenvalue weighted by atomic mass is 10.1. The molecule has 1 N–H and O–H groups in total. The van der Waals surface area contributed by atoms with Gasteiger partial charge >= 0.3 is 0 Å². The second kappa shape index (κ2) is 5.70. The summed E-state index contributed by atoms with van der Waals surface area (Å²) < 4.78 is 0. The number of aryl methyl sites for hydroxylation is 1. The van der Waals surface area contributed by atoms with Crippen LogP contribution in [0.4, 0.5) is 5.69 Å². The molecule has 88 valence electrons. The first-order chi connectivity index (χ1) is 8.81. The number of hydrogen-bond acceptors (Lipinski definition) is 2. The Hall–Kier alpha value is -2.53. The average Bonchev–Trinajstić information content (AvgIpc) is 2.40. The van der Waals surface area contributed by atoms with Crippen LogP contribution in [0.25, 0.3) is 12.2 Å². The number of para-hydroxylation sites is 1. The van der Waals surface area contributed by atoms with Crippen molar-refractivity contribution in [2.75, 3.05) is 5.32 Å². The summed E-state index contributed by atoms with van der Waals surface area (Å²) in [5.41, 5.74) is 4.25. The molecule has 2 nitrogen and oxygen atoms in total. The van der Waals surface area contributed by atoms with E-state index in [4.69, 9.17) is 5.26 Å². The Morgan fingerprint density at radius 2 is 1.56 bits per heavy atom. The second-order valence-electron chi connectivity index (χ2n) is 4.01. The molecule has 0 aliphatic rings. The number of anilines is 1. The number of benzene rings is 2. The second-order valence-corrected chi connectivity index (χ2v) is 4.01. The summed E-state index contributed by atoms with van der Waals surface area (Å²) in [7, 11) is 0. The third-order valence-corrected chi connectivity index (χ3v) is 2.78. The van der Waals surface area contributed by atoms with Crippen LogP contribution in [0.5, 0.6) is 0 Å². The van der Waals surface area contributed by atoms with Crippen LogP contribution in [0.15, 0.2) is 48.5 Å². The van der Waals surface area contributed by atoms with Gasteiger partial charge in [-0.1, -0.05) is 54.6 Å². The van der Waals surface area contributed by atoms with E-state index in [9.17, 15) is 0 Å². The third-order valence-electron chi connectivity index (χ3n) is 2.78. The van der Waals surface area contributed by atoms with Gasteiger partial charge in [-0.2, -0.15) is 5.26 Å². The smallest absolute Gasteiger partial charge is 0.181 e. The fourth-order valence-corrected chi connectivity index (χ4v) is 1.77. The molecule has 0 radical (unpaired) electrons. The van der Waals surface area contributed by atoms with Crippen LogP contribution in [0.2, 0.25) is 0 Å². The molecular weight excluding hydrogens is 220 g/mol. The van der Waals surface area contributed by atoms with Gasteiger partial charge in [-0.15, -0.1) is 0 Å². The van der Waals surface area contributed by atoms with Crippen molar-refractivity contribution in [1.29, 1.82) is 5.26 Å². The van der Waals surface area contributed by atoms with Gasteiger partial charge in [-0.25, -0.2) is 0 Å². The van der Waals surface area contributed by atoms with Gasteiger partial charge in [0.05, 0.1) is 5.69 Å². The lowest BCUT2D eigenvalue weighted by Gasteiger charge is -2.03. The van der Waals surface area contributed by atoms with Crippen LogP contribution in [-0.4, -0.2) is 0 Å². The molecule has 0 aliphatic carbocycles. The number of nitrogens with one attached hydrogen (secondary N) is 1. The van der Waals surface area contributed by atoms with E-state index < -0.39 is 0 Å². The minimum atomic E-state index is 0.824. The van der Waals surface area contributed by atoms with Gasteiger partial charge in [0.1, 0.15) is 0 Å². The van der Waals surface area contributed by atoms with Crippen molar-refractivity contribution >= 4 is 17.8 Å². The van der Waals surface area contributed by atoms with Crippen molar-refractivity contribution in [1.82, 2.24) is 0 Å². The lowest BCUT2D eigenvalue weighted by molar-refractivity contribution is 1.44. The standard InChI is InChI=1S/C16H14N2/c1-13-6-2-3-7-14(13)10-11-15-8-4-5-9-16(15)18-12-17/h2-11,18H,1H3/b11-10-. The predicted molar refractivity (Wildman–Crippen MR) is 75.8 cm³/mol. The average molecular weight is 234 g/mol. The molecule has 0 unspecified atom stereocenters. The van der Waals surface area contributed by atoms with E-state index in [1.807, 2.05) is 48.7 Å². The van der Waals surface area contributed by atoms with Crippen LogP contribution in [-0.2, 0) is 0 Å². The molecule has 2 aromatic rings. The van der Waals surface area contributed by atoms with Gasteiger partial charge in [0.25, 0.3) is 0 Å². The van der Waals surface area contributed by atoms with Gasteiger partial charge in [0.15, 0.2) is 6.19 Å². The molecule has 0 saturated heterocycles. The van der Waals surface area contributed by atoms with E-state index >= 15 is 0 Å². The fraction of sp³-hybridized carbons (Fsp3) is 0.0625. The fourth-order valence-electron chi connectivity index (χ4n) is 1.77. The van der Waals surface area contributed by atoms with E-state index in [0.29, 0.717) is 0 Å². The maximum Gasteiger partial charge on any atom is 0.181 e. The summed E-state index contributed by atoms with van der Waals surface area (Å²) in [5, 5.41) is 11.4. The Kier molecular flexibility index (Phi) is 3.78. The molecule has 0 aliphatic heterocycles. The SMILES string of the molecule is Cc1ccccc1/C=C\c1ccccc1NC#N. The Balaban J connectivity index is 2.30. The van der Waals surface area contributed by atoms with E-state index in [-0.39, 0.29) is 0 Å². The molecular formula is C16H14N2. The number of hydrogen-bond donors (Lipinski definition) is 1.